The van der Waals surface area contributed by atoms with Crippen molar-refractivity contribution in [1.82, 2.24) is 0 Å². The van der Waals surface area contributed by atoms with E-state index in [-0.39, 0.29) is 11.4 Å². The summed E-state index contributed by atoms with van der Waals surface area (Å²) in [5, 5.41) is 8.68. The van der Waals surface area contributed by atoms with Crippen LogP contribution >= 0.6 is 15.9 Å². The Morgan fingerprint density at radius 1 is 1.15 bits per heavy atom. The van der Waals surface area contributed by atoms with Crippen LogP contribution in [0.1, 0.15) is 13.3 Å². The van der Waals surface area contributed by atoms with E-state index in [2.05, 4.69) is 31.9 Å². The Kier molecular flexibility index (Phi) is 5.75. The lowest BCUT2D eigenvalue weighted by Crippen LogP contribution is -2.25. The number of urea groups is 1. The number of hydrogen-bond donors (Lipinski definition) is 3. The summed E-state index contributed by atoms with van der Waals surface area (Å²) in [5.41, 5.74) is 0.140. The van der Waals surface area contributed by atoms with Gasteiger partial charge in [0.1, 0.15) is 11.4 Å². The second-order valence-corrected chi connectivity index (χ2v) is 6.68. The molecule has 1 aromatic heterocycles. The van der Waals surface area contributed by atoms with Crippen molar-refractivity contribution in [2.24, 2.45) is 0 Å². The zero-order chi connectivity index (χ0) is 19.4. The molecule has 0 saturated heterocycles. The molecule has 140 valence electrons. The quantitative estimate of drug-likeness (QED) is 0.485. The maximum absolute atomic E-state index is 13.9. The van der Waals surface area contributed by atoms with Crippen molar-refractivity contribution in [2.75, 3.05) is 22.5 Å². The lowest BCUT2D eigenvalue weighted by molar-refractivity contribution is 0.262. The van der Waals surface area contributed by atoms with E-state index in [0.29, 0.717) is 27.7 Å². The third-order valence-electron chi connectivity index (χ3n) is 3.78. The first-order chi connectivity index (χ1) is 13.0. The van der Waals surface area contributed by atoms with E-state index in [9.17, 15) is 14.0 Å². The topological polar surface area (TPSA) is 83.4 Å². The summed E-state index contributed by atoms with van der Waals surface area (Å²) in [5.74, 6) is -0.602. The average molecular weight is 434 g/mol. The van der Waals surface area contributed by atoms with Crippen molar-refractivity contribution in [1.29, 1.82) is 0 Å². The fourth-order valence-corrected chi connectivity index (χ4v) is 2.89. The molecule has 2 amide bonds. The van der Waals surface area contributed by atoms with E-state index in [1.165, 1.54) is 12.1 Å². The molecular formula is C19H17BrFN3O3. The molecule has 3 N–H and O–H groups in total. The fourth-order valence-electron chi connectivity index (χ4n) is 2.55. The van der Waals surface area contributed by atoms with E-state index in [1.807, 2.05) is 6.92 Å². The number of para-hydroxylation sites is 1. The molecule has 1 heterocycles. The van der Waals surface area contributed by atoms with Gasteiger partial charge in [-0.1, -0.05) is 35.0 Å². The highest BCUT2D eigenvalue weighted by Crippen LogP contribution is 2.29. The van der Waals surface area contributed by atoms with Crippen molar-refractivity contribution in [3.05, 3.63) is 63.2 Å². The van der Waals surface area contributed by atoms with Crippen molar-refractivity contribution in [3.63, 3.8) is 0 Å². The smallest absolute Gasteiger partial charge is 0.362 e. The zero-order valence-corrected chi connectivity index (χ0v) is 16.0. The average Bonchev–Trinajstić information content (AvgIpc) is 2.64. The van der Waals surface area contributed by atoms with E-state index < -0.39 is 17.5 Å². The summed E-state index contributed by atoms with van der Waals surface area (Å²) in [6, 6.07) is 10.5. The molecule has 0 atom stereocenters. The van der Waals surface area contributed by atoms with Crippen LogP contribution in [0.5, 0.6) is 0 Å². The van der Waals surface area contributed by atoms with Crippen molar-refractivity contribution >= 4 is 50.0 Å². The van der Waals surface area contributed by atoms with Gasteiger partial charge in [0.05, 0.1) is 11.4 Å². The summed E-state index contributed by atoms with van der Waals surface area (Å²) in [4.78, 5) is 24.7. The number of hydrogen-bond acceptors (Lipinski definition) is 4. The van der Waals surface area contributed by atoms with E-state index in [4.69, 9.17) is 4.42 Å². The minimum absolute atomic E-state index is 0.0102. The third-order valence-corrected chi connectivity index (χ3v) is 4.28. The number of fused-ring (bicyclic) bond motifs is 1. The summed E-state index contributed by atoms with van der Waals surface area (Å²) < 4.78 is 19.8. The van der Waals surface area contributed by atoms with Gasteiger partial charge in [0, 0.05) is 16.4 Å². The highest BCUT2D eigenvalue weighted by atomic mass is 79.9. The molecule has 3 aromatic rings. The first-order valence-corrected chi connectivity index (χ1v) is 9.11. The van der Waals surface area contributed by atoms with Gasteiger partial charge in [0.15, 0.2) is 5.69 Å². The standard InChI is InChI=1S/C19H17BrFN3O3/c1-2-9-22-16-12-5-3-4-6-15(12)27-18(25)17(16)24-19(26)23-14-8-7-11(20)10-13(14)21/h3-8,10,22H,2,9H2,1H3,(H2,23,24,26). The largest absolute Gasteiger partial charge is 0.421 e. The van der Waals surface area contributed by atoms with Crippen LogP contribution in [0.4, 0.5) is 26.2 Å². The van der Waals surface area contributed by atoms with Gasteiger partial charge in [-0.15, -0.1) is 0 Å². The minimum Gasteiger partial charge on any atom is -0.421 e. The SMILES string of the molecule is CCCNc1c(NC(=O)Nc2ccc(Br)cc2F)c(=O)oc2ccccc12. The second-order valence-electron chi connectivity index (χ2n) is 5.77. The Balaban J connectivity index is 1.94. The summed E-state index contributed by atoms with van der Waals surface area (Å²) >= 11 is 3.15. The van der Waals surface area contributed by atoms with Crippen LogP contribution in [-0.4, -0.2) is 12.6 Å². The summed E-state index contributed by atoms with van der Waals surface area (Å²) in [6.07, 6.45) is 0.824. The van der Waals surface area contributed by atoms with E-state index in [0.717, 1.165) is 6.42 Å². The summed E-state index contributed by atoms with van der Waals surface area (Å²) in [6.45, 7) is 2.59. The van der Waals surface area contributed by atoms with Crippen LogP contribution in [0.25, 0.3) is 11.0 Å². The number of benzene rings is 2. The van der Waals surface area contributed by atoms with Gasteiger partial charge in [0.2, 0.25) is 0 Å². The number of nitrogens with one attached hydrogen (secondary N) is 3. The predicted octanol–water partition coefficient (Wildman–Crippen LogP) is 5.16. The maximum Gasteiger partial charge on any atom is 0.362 e. The molecule has 0 saturated carbocycles. The lowest BCUT2D eigenvalue weighted by Gasteiger charge is -2.14. The molecule has 8 heteroatoms. The molecule has 0 fully saturated rings. The molecule has 6 nitrogen and oxygen atoms in total. The molecule has 0 unspecified atom stereocenters. The normalized spacial score (nSPS) is 10.6. The molecule has 27 heavy (non-hydrogen) atoms. The van der Waals surface area contributed by atoms with Crippen molar-refractivity contribution in [3.8, 4) is 0 Å². The van der Waals surface area contributed by atoms with E-state index in [1.54, 1.807) is 30.3 Å². The Bertz CT molecular complexity index is 1050. The van der Waals surface area contributed by atoms with Crippen LogP contribution in [0.15, 0.2) is 56.1 Å². The van der Waals surface area contributed by atoms with Gasteiger partial charge in [-0.2, -0.15) is 0 Å². The Morgan fingerprint density at radius 3 is 2.67 bits per heavy atom. The Labute approximate surface area is 162 Å². The lowest BCUT2D eigenvalue weighted by atomic mass is 10.2. The van der Waals surface area contributed by atoms with Crippen LogP contribution < -0.4 is 21.6 Å². The fraction of sp³-hybridized carbons (Fsp3) is 0.158. The minimum atomic E-state index is -0.752. The van der Waals surface area contributed by atoms with Gasteiger partial charge in [-0.3, -0.25) is 5.32 Å². The number of amides is 2. The van der Waals surface area contributed by atoms with Crippen molar-refractivity contribution < 1.29 is 13.6 Å². The molecule has 0 spiro atoms. The van der Waals surface area contributed by atoms with Gasteiger partial charge >= 0.3 is 11.7 Å². The predicted molar refractivity (Wildman–Crippen MR) is 108 cm³/mol. The number of rotatable bonds is 5. The molecule has 0 aliphatic carbocycles. The highest BCUT2D eigenvalue weighted by molar-refractivity contribution is 9.10. The molecular weight excluding hydrogens is 417 g/mol. The molecule has 3 rings (SSSR count). The Hall–Kier alpha value is -2.87. The molecule has 0 radical (unpaired) electrons. The number of carbonyl (C=O) groups excluding carboxylic acids is 1. The number of anilines is 3. The second kappa shape index (κ2) is 8.22. The van der Waals surface area contributed by atoms with Crippen LogP contribution in [0.3, 0.4) is 0 Å². The first kappa shape index (κ1) is 18.9. The van der Waals surface area contributed by atoms with Gasteiger partial charge in [0.25, 0.3) is 0 Å². The maximum atomic E-state index is 13.9. The Morgan fingerprint density at radius 2 is 1.93 bits per heavy atom. The highest BCUT2D eigenvalue weighted by Gasteiger charge is 2.17. The monoisotopic (exact) mass is 433 g/mol. The molecule has 2 aromatic carbocycles. The van der Waals surface area contributed by atoms with Gasteiger partial charge < -0.3 is 15.1 Å². The molecule has 0 aliphatic heterocycles. The zero-order valence-electron chi connectivity index (χ0n) is 14.4. The molecule has 0 aliphatic rings. The third kappa shape index (κ3) is 4.28. The number of halogens is 2. The van der Waals surface area contributed by atoms with Gasteiger partial charge in [-0.25, -0.2) is 14.0 Å². The van der Waals surface area contributed by atoms with E-state index >= 15 is 0 Å². The number of carbonyl (C=O) groups is 1. The van der Waals surface area contributed by atoms with Crippen LogP contribution in [0, 0.1) is 5.82 Å². The van der Waals surface area contributed by atoms with Crippen molar-refractivity contribution in [2.45, 2.75) is 13.3 Å². The first-order valence-electron chi connectivity index (χ1n) is 8.32. The van der Waals surface area contributed by atoms with Gasteiger partial charge in [-0.05, 0) is 36.8 Å². The molecule has 0 bridgehead atoms. The van der Waals surface area contributed by atoms with Crippen LogP contribution in [0.2, 0.25) is 0 Å². The van der Waals surface area contributed by atoms with Crippen LogP contribution in [-0.2, 0) is 0 Å². The summed E-state index contributed by atoms with van der Waals surface area (Å²) in [7, 11) is 0.